The third-order valence-electron chi connectivity index (χ3n) is 3.64. The van der Waals surface area contributed by atoms with Crippen molar-refractivity contribution in [1.29, 1.82) is 0 Å². The Morgan fingerprint density at radius 2 is 2.10 bits per heavy atom. The first kappa shape index (κ1) is 16.1. The molecule has 116 valence electrons. The van der Waals surface area contributed by atoms with Gasteiger partial charge in [0.2, 0.25) is 0 Å². The molecule has 0 spiro atoms. The van der Waals surface area contributed by atoms with Crippen LogP contribution in [0.4, 0.5) is 0 Å². The first-order valence-corrected chi connectivity index (χ1v) is 9.10. The standard InChI is InChI=1S/C14H18ClNO4S/c1-3-20-11-6-5-10(9-12(11)21(15,18)19)13(17)16-14(2)7-4-8-14/h5-6,9H,3-4,7-8H2,1-2H3,(H,16,17). The fraction of sp³-hybridized carbons (Fsp3) is 0.500. The second-order valence-electron chi connectivity index (χ2n) is 5.40. The maximum Gasteiger partial charge on any atom is 0.265 e. The highest BCUT2D eigenvalue weighted by atomic mass is 35.7. The molecule has 1 saturated carbocycles. The highest BCUT2D eigenvalue weighted by Crippen LogP contribution is 2.32. The summed E-state index contributed by atoms with van der Waals surface area (Å²) in [5.41, 5.74) is 0.0566. The van der Waals surface area contributed by atoms with Crippen molar-refractivity contribution in [2.45, 2.75) is 43.5 Å². The molecule has 0 aliphatic heterocycles. The van der Waals surface area contributed by atoms with E-state index in [2.05, 4.69) is 5.32 Å². The molecular weight excluding hydrogens is 314 g/mol. The smallest absolute Gasteiger partial charge is 0.265 e. The number of amides is 1. The third-order valence-corrected chi connectivity index (χ3v) is 4.98. The lowest BCUT2D eigenvalue weighted by Gasteiger charge is -2.39. The summed E-state index contributed by atoms with van der Waals surface area (Å²) in [6.45, 7) is 4.02. The van der Waals surface area contributed by atoms with Gasteiger partial charge in [0.05, 0.1) is 6.61 Å². The first-order chi connectivity index (χ1) is 9.75. The van der Waals surface area contributed by atoms with Crippen LogP contribution in [-0.2, 0) is 9.05 Å². The van der Waals surface area contributed by atoms with Crippen LogP contribution in [-0.4, -0.2) is 26.5 Å². The van der Waals surface area contributed by atoms with Crippen LogP contribution in [0.25, 0.3) is 0 Å². The molecule has 0 bridgehead atoms. The van der Waals surface area contributed by atoms with Crippen LogP contribution >= 0.6 is 10.7 Å². The molecule has 0 aromatic heterocycles. The number of hydrogen-bond acceptors (Lipinski definition) is 4. The van der Waals surface area contributed by atoms with Crippen molar-refractivity contribution in [1.82, 2.24) is 5.32 Å². The number of benzene rings is 1. The molecule has 0 heterocycles. The van der Waals surface area contributed by atoms with Gasteiger partial charge < -0.3 is 10.1 Å². The SMILES string of the molecule is CCOc1ccc(C(=O)NC2(C)CCC2)cc1S(=O)(=O)Cl. The molecular formula is C14H18ClNO4S. The van der Waals surface area contributed by atoms with E-state index in [4.69, 9.17) is 15.4 Å². The lowest BCUT2D eigenvalue weighted by molar-refractivity contribution is 0.0850. The van der Waals surface area contributed by atoms with E-state index < -0.39 is 9.05 Å². The van der Waals surface area contributed by atoms with Gasteiger partial charge >= 0.3 is 0 Å². The van der Waals surface area contributed by atoms with E-state index in [1.165, 1.54) is 18.2 Å². The van der Waals surface area contributed by atoms with E-state index in [1.807, 2.05) is 6.92 Å². The molecule has 7 heteroatoms. The zero-order chi connectivity index (χ0) is 15.7. The Morgan fingerprint density at radius 1 is 1.43 bits per heavy atom. The molecule has 1 amide bonds. The summed E-state index contributed by atoms with van der Waals surface area (Å²) in [6.07, 6.45) is 2.94. The van der Waals surface area contributed by atoms with Crippen LogP contribution in [0.3, 0.4) is 0 Å². The van der Waals surface area contributed by atoms with Crippen molar-refractivity contribution in [3.8, 4) is 5.75 Å². The molecule has 1 aromatic carbocycles. The Morgan fingerprint density at radius 3 is 2.57 bits per heavy atom. The number of carbonyl (C=O) groups is 1. The van der Waals surface area contributed by atoms with Gasteiger partial charge in [0.15, 0.2) is 0 Å². The number of nitrogens with one attached hydrogen (secondary N) is 1. The molecule has 1 N–H and O–H groups in total. The normalized spacial score (nSPS) is 16.9. The Hall–Kier alpha value is -1.27. The molecule has 1 fully saturated rings. The maximum absolute atomic E-state index is 12.2. The number of hydrogen-bond donors (Lipinski definition) is 1. The highest BCUT2D eigenvalue weighted by molar-refractivity contribution is 8.13. The summed E-state index contributed by atoms with van der Waals surface area (Å²) in [4.78, 5) is 12.0. The third kappa shape index (κ3) is 3.68. The zero-order valence-electron chi connectivity index (χ0n) is 12.0. The van der Waals surface area contributed by atoms with Gasteiger partial charge in [0, 0.05) is 21.8 Å². The van der Waals surface area contributed by atoms with Crippen LogP contribution in [0.15, 0.2) is 23.1 Å². The maximum atomic E-state index is 12.2. The first-order valence-electron chi connectivity index (χ1n) is 6.79. The second-order valence-corrected chi connectivity index (χ2v) is 7.94. The topological polar surface area (TPSA) is 72.5 Å². The quantitative estimate of drug-likeness (QED) is 0.842. The second kappa shape index (κ2) is 5.85. The largest absolute Gasteiger partial charge is 0.492 e. The predicted molar refractivity (Wildman–Crippen MR) is 80.4 cm³/mol. The summed E-state index contributed by atoms with van der Waals surface area (Å²) >= 11 is 0. The number of ether oxygens (including phenoxy) is 1. The van der Waals surface area contributed by atoms with Crippen molar-refractivity contribution in [3.05, 3.63) is 23.8 Å². The van der Waals surface area contributed by atoms with Gasteiger partial charge in [-0.1, -0.05) is 0 Å². The van der Waals surface area contributed by atoms with Crippen molar-refractivity contribution in [2.24, 2.45) is 0 Å². The van der Waals surface area contributed by atoms with E-state index in [0.29, 0.717) is 6.61 Å². The minimum Gasteiger partial charge on any atom is -0.492 e. The zero-order valence-corrected chi connectivity index (χ0v) is 13.6. The fourth-order valence-corrected chi connectivity index (χ4v) is 3.29. The van der Waals surface area contributed by atoms with Crippen LogP contribution in [0.1, 0.15) is 43.5 Å². The molecule has 5 nitrogen and oxygen atoms in total. The van der Waals surface area contributed by atoms with E-state index in [9.17, 15) is 13.2 Å². The molecule has 1 aliphatic carbocycles. The van der Waals surface area contributed by atoms with Crippen LogP contribution in [0, 0.1) is 0 Å². The number of carbonyl (C=O) groups excluding carboxylic acids is 1. The minimum absolute atomic E-state index is 0.152. The van der Waals surface area contributed by atoms with Crippen LogP contribution < -0.4 is 10.1 Å². The van der Waals surface area contributed by atoms with Gasteiger partial charge in [0.1, 0.15) is 10.6 Å². The van der Waals surface area contributed by atoms with E-state index in [1.54, 1.807) is 6.92 Å². The van der Waals surface area contributed by atoms with Crippen molar-refractivity contribution in [2.75, 3.05) is 6.61 Å². The Kier molecular flexibility index (Phi) is 4.49. The molecule has 1 aliphatic rings. The van der Waals surface area contributed by atoms with Crippen molar-refractivity contribution >= 4 is 25.6 Å². The minimum atomic E-state index is -3.98. The average molecular weight is 332 g/mol. The van der Waals surface area contributed by atoms with Gasteiger partial charge in [-0.3, -0.25) is 4.79 Å². The lowest BCUT2D eigenvalue weighted by Crippen LogP contribution is -2.50. The molecule has 2 rings (SSSR count). The summed E-state index contributed by atoms with van der Waals surface area (Å²) in [6, 6.07) is 4.25. The number of rotatable bonds is 5. The molecule has 0 radical (unpaired) electrons. The molecule has 0 saturated heterocycles. The summed E-state index contributed by atoms with van der Waals surface area (Å²) in [7, 11) is 1.43. The van der Waals surface area contributed by atoms with Crippen LogP contribution in [0.2, 0.25) is 0 Å². The van der Waals surface area contributed by atoms with E-state index in [0.717, 1.165) is 19.3 Å². The highest BCUT2D eigenvalue weighted by Gasteiger charge is 2.33. The van der Waals surface area contributed by atoms with Gasteiger partial charge in [-0.05, 0) is 51.3 Å². The van der Waals surface area contributed by atoms with Gasteiger partial charge in [-0.25, -0.2) is 8.42 Å². The van der Waals surface area contributed by atoms with Gasteiger partial charge in [0.25, 0.3) is 15.0 Å². The summed E-state index contributed by atoms with van der Waals surface area (Å²) in [5.74, 6) is -0.152. The Balaban J connectivity index is 2.31. The number of halogens is 1. The van der Waals surface area contributed by atoms with Crippen molar-refractivity contribution in [3.63, 3.8) is 0 Å². The lowest BCUT2D eigenvalue weighted by atomic mass is 9.78. The van der Waals surface area contributed by atoms with Gasteiger partial charge in [-0.15, -0.1) is 0 Å². The molecule has 1 aromatic rings. The Bertz CT molecular complexity index is 653. The van der Waals surface area contributed by atoms with E-state index >= 15 is 0 Å². The Labute approximate surface area is 129 Å². The molecule has 0 atom stereocenters. The summed E-state index contributed by atoms with van der Waals surface area (Å²) in [5, 5.41) is 2.92. The fourth-order valence-electron chi connectivity index (χ4n) is 2.29. The molecule has 0 unspecified atom stereocenters. The van der Waals surface area contributed by atoms with Crippen molar-refractivity contribution < 1.29 is 17.9 Å². The van der Waals surface area contributed by atoms with Crippen LogP contribution in [0.5, 0.6) is 5.75 Å². The van der Waals surface area contributed by atoms with Gasteiger partial charge in [-0.2, -0.15) is 0 Å². The summed E-state index contributed by atoms with van der Waals surface area (Å²) < 4.78 is 28.5. The van der Waals surface area contributed by atoms with E-state index in [-0.39, 0.29) is 27.7 Å². The average Bonchev–Trinajstić information content (AvgIpc) is 2.36. The predicted octanol–water partition coefficient (Wildman–Crippen LogP) is 2.69. The monoisotopic (exact) mass is 331 g/mol. The molecule has 21 heavy (non-hydrogen) atoms.